The number of nitrogens with zero attached hydrogens (tertiary/aromatic N) is 1. The van der Waals surface area contributed by atoms with Gasteiger partial charge in [0, 0.05) is 16.0 Å². The molecule has 6 nitrogen and oxygen atoms in total. The van der Waals surface area contributed by atoms with Crippen LogP contribution < -0.4 is 5.32 Å². The number of anilines is 1. The van der Waals surface area contributed by atoms with E-state index in [0.29, 0.717) is 16.2 Å². The summed E-state index contributed by atoms with van der Waals surface area (Å²) in [5.41, 5.74) is 3.09. The predicted molar refractivity (Wildman–Crippen MR) is 105 cm³/mol. The third-order valence-corrected chi connectivity index (χ3v) is 4.44. The van der Waals surface area contributed by atoms with Gasteiger partial charge in [-0.05, 0) is 36.2 Å². The summed E-state index contributed by atoms with van der Waals surface area (Å²) < 4.78 is 10.5. The first-order valence-electron chi connectivity index (χ1n) is 8.64. The molecule has 0 saturated carbocycles. The molecule has 0 radical (unpaired) electrons. The number of aryl methyl sites for hydroxylation is 1. The summed E-state index contributed by atoms with van der Waals surface area (Å²) in [6.45, 7) is 1.59. The maximum Gasteiger partial charge on any atom is 0.310 e. The summed E-state index contributed by atoms with van der Waals surface area (Å²) in [5, 5.41) is 12.8. The van der Waals surface area contributed by atoms with Gasteiger partial charge in [0.05, 0.1) is 23.9 Å². The molecule has 142 valence electrons. The first-order chi connectivity index (χ1) is 13.5. The fourth-order valence-corrected chi connectivity index (χ4v) is 2.91. The van der Waals surface area contributed by atoms with Crippen LogP contribution in [0.4, 0.5) is 5.69 Å². The van der Waals surface area contributed by atoms with Crippen molar-refractivity contribution in [2.24, 2.45) is 0 Å². The van der Waals surface area contributed by atoms with Crippen molar-refractivity contribution in [1.82, 2.24) is 0 Å². The maximum absolute atomic E-state index is 12.1. The van der Waals surface area contributed by atoms with Gasteiger partial charge in [0.2, 0.25) is 0 Å². The zero-order valence-corrected chi connectivity index (χ0v) is 15.9. The first-order valence-corrected chi connectivity index (χ1v) is 9.02. The highest BCUT2D eigenvalue weighted by molar-refractivity contribution is 6.31. The fourth-order valence-electron chi connectivity index (χ4n) is 2.74. The molecule has 3 aromatic rings. The highest BCUT2D eigenvalue weighted by Crippen LogP contribution is 2.23. The molecule has 0 aliphatic carbocycles. The van der Waals surface area contributed by atoms with Gasteiger partial charge >= 0.3 is 5.97 Å². The van der Waals surface area contributed by atoms with Gasteiger partial charge in [-0.2, -0.15) is 5.26 Å². The van der Waals surface area contributed by atoms with Gasteiger partial charge in [-0.3, -0.25) is 9.59 Å². The van der Waals surface area contributed by atoms with Crippen LogP contribution in [0, 0.1) is 11.3 Å². The zero-order valence-electron chi connectivity index (χ0n) is 15.1. The summed E-state index contributed by atoms with van der Waals surface area (Å²) >= 11 is 5.88. The van der Waals surface area contributed by atoms with E-state index in [1.165, 1.54) is 18.4 Å². The molecule has 1 heterocycles. The van der Waals surface area contributed by atoms with Gasteiger partial charge in [-0.1, -0.05) is 30.7 Å². The molecule has 1 amide bonds. The largest absolute Gasteiger partial charge is 0.464 e. The number of carbonyl (C=O) groups excluding carboxylic acids is 2. The quantitative estimate of drug-likeness (QED) is 0.629. The summed E-state index contributed by atoms with van der Waals surface area (Å²) in [6.07, 6.45) is 2.41. The number of hydrogen-bond donors (Lipinski definition) is 1. The molecule has 28 heavy (non-hydrogen) atoms. The van der Waals surface area contributed by atoms with Crippen LogP contribution in [0.3, 0.4) is 0 Å². The number of hydrogen-bond acceptors (Lipinski definition) is 5. The Bertz CT molecular complexity index is 1080. The highest BCUT2D eigenvalue weighted by atomic mass is 35.5. The first kappa shape index (κ1) is 19.5. The Morgan fingerprint density at radius 2 is 2.07 bits per heavy atom. The van der Waals surface area contributed by atoms with Crippen LogP contribution >= 0.6 is 11.6 Å². The van der Waals surface area contributed by atoms with Gasteiger partial charge in [0.25, 0.3) is 5.91 Å². The van der Waals surface area contributed by atoms with Crippen LogP contribution in [-0.4, -0.2) is 18.5 Å². The van der Waals surface area contributed by atoms with Gasteiger partial charge in [-0.25, -0.2) is 0 Å². The third kappa shape index (κ3) is 4.51. The zero-order chi connectivity index (χ0) is 20.1. The molecule has 0 bridgehead atoms. The molecular formula is C21H17ClN2O4. The Hall–Kier alpha value is -3.30. The Morgan fingerprint density at radius 3 is 2.82 bits per heavy atom. The summed E-state index contributed by atoms with van der Waals surface area (Å²) in [4.78, 5) is 24.1. The van der Waals surface area contributed by atoms with Gasteiger partial charge in [-0.15, -0.1) is 0 Å². The number of fused-ring (bicyclic) bond motifs is 1. The number of nitrogens with one attached hydrogen (secondary N) is 1. The molecule has 2 aromatic carbocycles. The standard InChI is InChI=1S/C21H17ClN2O4/c1-2-13-3-6-17-15(11-27-19(17)7-13)8-21(26)28-12-20(25)24-18-9-16(22)5-4-14(18)10-23/h3-7,9,11H,2,8,12H2,1H3,(H,24,25). The number of esters is 1. The summed E-state index contributed by atoms with van der Waals surface area (Å²) in [5.74, 6) is -1.11. The molecule has 0 fully saturated rings. The van der Waals surface area contributed by atoms with Crippen molar-refractivity contribution >= 4 is 40.1 Å². The number of carbonyl (C=O) groups is 2. The number of furan rings is 1. The van der Waals surface area contributed by atoms with Gasteiger partial charge in [0.1, 0.15) is 11.7 Å². The Balaban J connectivity index is 1.58. The van der Waals surface area contributed by atoms with E-state index in [4.69, 9.17) is 26.0 Å². The van der Waals surface area contributed by atoms with Crippen LogP contribution in [0.1, 0.15) is 23.6 Å². The number of benzene rings is 2. The van der Waals surface area contributed by atoms with Crippen LogP contribution in [-0.2, 0) is 27.2 Å². The second-order valence-corrected chi connectivity index (χ2v) is 6.57. The van der Waals surface area contributed by atoms with E-state index in [9.17, 15) is 9.59 Å². The van der Waals surface area contributed by atoms with Crippen molar-refractivity contribution in [1.29, 1.82) is 5.26 Å². The van der Waals surface area contributed by atoms with Crippen molar-refractivity contribution < 1.29 is 18.7 Å². The predicted octanol–water partition coefficient (Wildman–Crippen LogP) is 4.24. The maximum atomic E-state index is 12.1. The third-order valence-electron chi connectivity index (χ3n) is 4.20. The van der Waals surface area contributed by atoms with Crippen LogP contribution in [0.2, 0.25) is 5.02 Å². The lowest BCUT2D eigenvalue weighted by atomic mass is 10.1. The summed E-state index contributed by atoms with van der Waals surface area (Å²) in [6, 6.07) is 12.3. The van der Waals surface area contributed by atoms with Crippen LogP contribution in [0.5, 0.6) is 0 Å². The van der Waals surface area contributed by atoms with Crippen LogP contribution in [0.25, 0.3) is 11.0 Å². The van der Waals surface area contributed by atoms with E-state index in [2.05, 4.69) is 12.2 Å². The van der Waals surface area contributed by atoms with Crippen molar-refractivity contribution in [3.8, 4) is 6.07 Å². The van der Waals surface area contributed by atoms with Crippen molar-refractivity contribution in [3.63, 3.8) is 0 Å². The lowest BCUT2D eigenvalue weighted by Gasteiger charge is -2.08. The van der Waals surface area contributed by atoms with Crippen molar-refractivity contribution in [2.45, 2.75) is 19.8 Å². The van der Waals surface area contributed by atoms with Gasteiger partial charge in [0.15, 0.2) is 6.61 Å². The minimum Gasteiger partial charge on any atom is -0.464 e. The van der Waals surface area contributed by atoms with Crippen molar-refractivity contribution in [3.05, 3.63) is 64.4 Å². The molecule has 1 aromatic heterocycles. The number of halogens is 1. The molecule has 3 rings (SSSR count). The lowest BCUT2D eigenvalue weighted by molar-refractivity contribution is -0.146. The second kappa shape index (κ2) is 8.59. The molecular weight excluding hydrogens is 380 g/mol. The topological polar surface area (TPSA) is 92.3 Å². The minimum absolute atomic E-state index is 0.00758. The molecule has 0 spiro atoms. The van der Waals surface area contributed by atoms with E-state index in [1.54, 1.807) is 6.07 Å². The Morgan fingerprint density at radius 1 is 1.25 bits per heavy atom. The average molecular weight is 397 g/mol. The molecule has 0 unspecified atom stereocenters. The Kier molecular flexibility index (Phi) is 5.97. The Labute approximate surface area is 166 Å². The van der Waals surface area contributed by atoms with E-state index in [-0.39, 0.29) is 17.7 Å². The van der Waals surface area contributed by atoms with E-state index < -0.39 is 18.5 Å². The smallest absolute Gasteiger partial charge is 0.310 e. The molecule has 0 saturated heterocycles. The average Bonchev–Trinajstić information content (AvgIpc) is 3.08. The van der Waals surface area contributed by atoms with E-state index >= 15 is 0 Å². The van der Waals surface area contributed by atoms with E-state index in [1.807, 2.05) is 24.3 Å². The van der Waals surface area contributed by atoms with E-state index in [0.717, 1.165) is 17.4 Å². The van der Waals surface area contributed by atoms with Crippen LogP contribution in [0.15, 0.2) is 47.1 Å². The minimum atomic E-state index is -0.559. The normalized spacial score (nSPS) is 10.5. The number of rotatable bonds is 6. The molecule has 0 aliphatic rings. The number of ether oxygens (including phenoxy) is 1. The van der Waals surface area contributed by atoms with Gasteiger partial charge < -0.3 is 14.5 Å². The molecule has 0 atom stereocenters. The number of nitriles is 1. The number of amides is 1. The fraction of sp³-hybridized carbons (Fsp3) is 0.190. The summed E-state index contributed by atoms with van der Waals surface area (Å²) in [7, 11) is 0. The molecule has 1 N–H and O–H groups in total. The molecule has 7 heteroatoms. The van der Waals surface area contributed by atoms with Crippen molar-refractivity contribution in [2.75, 3.05) is 11.9 Å². The monoisotopic (exact) mass is 396 g/mol. The highest BCUT2D eigenvalue weighted by Gasteiger charge is 2.14. The SMILES string of the molecule is CCc1ccc2c(CC(=O)OCC(=O)Nc3cc(Cl)ccc3C#N)coc2c1. The second-order valence-electron chi connectivity index (χ2n) is 6.13. The molecule has 0 aliphatic heterocycles. The lowest BCUT2D eigenvalue weighted by Crippen LogP contribution is -2.22.